The Morgan fingerprint density at radius 3 is 2.32 bits per heavy atom. The van der Waals surface area contributed by atoms with Gasteiger partial charge in [-0.2, -0.15) is 0 Å². The number of nitrogens with zero attached hydrogens (tertiary/aromatic N) is 1. The molecule has 0 aliphatic carbocycles. The monoisotopic (exact) mass is 381 g/mol. The van der Waals surface area contributed by atoms with Crippen molar-refractivity contribution in [3.05, 3.63) is 63.5 Å². The molecule has 0 fully saturated rings. The molecule has 144 valence electrons. The summed E-state index contributed by atoms with van der Waals surface area (Å²) in [4.78, 5) is 27.6. The molecule has 1 atom stereocenters. The number of hydrogen-bond donors (Lipinski definition) is 0. The molecule has 0 radical (unpaired) electrons. The Morgan fingerprint density at radius 1 is 0.929 bits per heavy atom. The molecule has 7 heteroatoms. The second-order valence-electron chi connectivity index (χ2n) is 6.41. The lowest BCUT2D eigenvalue weighted by molar-refractivity contribution is 0.0770. The Morgan fingerprint density at radius 2 is 1.64 bits per heavy atom. The van der Waals surface area contributed by atoms with E-state index in [-0.39, 0.29) is 22.7 Å². The predicted molar refractivity (Wildman–Crippen MR) is 103 cm³/mol. The molecule has 0 saturated carbocycles. The molecular weight excluding hydrogens is 362 g/mol. The van der Waals surface area contributed by atoms with Crippen LogP contribution in [0, 0.1) is 0 Å². The summed E-state index contributed by atoms with van der Waals surface area (Å²) in [5, 5.41) is 0.425. The fourth-order valence-electron chi connectivity index (χ4n) is 3.74. The van der Waals surface area contributed by atoms with Crippen molar-refractivity contribution in [2.24, 2.45) is 0 Å². The van der Waals surface area contributed by atoms with E-state index in [2.05, 4.69) is 0 Å². The fraction of sp³-hybridized carbons (Fsp3) is 0.238. The van der Waals surface area contributed by atoms with Gasteiger partial charge < -0.3 is 23.5 Å². The quantitative estimate of drug-likeness (QED) is 0.691. The highest BCUT2D eigenvalue weighted by Crippen LogP contribution is 2.47. The van der Waals surface area contributed by atoms with Crippen molar-refractivity contribution >= 4 is 16.9 Å². The van der Waals surface area contributed by atoms with E-state index in [4.69, 9.17) is 18.6 Å². The molecule has 7 nitrogen and oxygen atoms in total. The van der Waals surface area contributed by atoms with E-state index in [0.717, 1.165) is 0 Å². The maximum absolute atomic E-state index is 13.2. The van der Waals surface area contributed by atoms with Gasteiger partial charge in [0.2, 0.25) is 11.5 Å². The summed E-state index contributed by atoms with van der Waals surface area (Å²) in [5.74, 6) is 0.961. The van der Waals surface area contributed by atoms with E-state index in [1.165, 1.54) is 26.2 Å². The lowest BCUT2D eigenvalue weighted by Crippen LogP contribution is -2.25. The highest BCUT2D eigenvalue weighted by atomic mass is 16.5. The zero-order valence-electron chi connectivity index (χ0n) is 15.9. The van der Waals surface area contributed by atoms with E-state index in [1.54, 1.807) is 43.4 Å². The van der Waals surface area contributed by atoms with Gasteiger partial charge >= 0.3 is 0 Å². The van der Waals surface area contributed by atoms with Gasteiger partial charge in [0.05, 0.1) is 38.3 Å². The minimum atomic E-state index is -0.668. The normalized spacial score (nSPS) is 15.6. The molecule has 1 aliphatic heterocycles. The van der Waals surface area contributed by atoms with Gasteiger partial charge in [0, 0.05) is 12.6 Å². The third kappa shape index (κ3) is 2.36. The second kappa shape index (κ2) is 6.60. The number of carbonyl (C=O) groups is 1. The van der Waals surface area contributed by atoms with Gasteiger partial charge in [-0.05, 0) is 24.3 Å². The number of hydrogen-bond acceptors (Lipinski definition) is 6. The highest BCUT2D eigenvalue weighted by Gasteiger charge is 2.42. The Balaban J connectivity index is 2.03. The third-order valence-electron chi connectivity index (χ3n) is 5.04. The van der Waals surface area contributed by atoms with Crippen LogP contribution in [0.15, 0.2) is 45.6 Å². The summed E-state index contributed by atoms with van der Waals surface area (Å²) >= 11 is 0. The van der Waals surface area contributed by atoms with E-state index < -0.39 is 6.04 Å². The van der Waals surface area contributed by atoms with Gasteiger partial charge in [-0.1, -0.05) is 12.1 Å². The number of ether oxygens (including phenoxy) is 3. The van der Waals surface area contributed by atoms with E-state index in [1.807, 2.05) is 0 Å². The van der Waals surface area contributed by atoms with Crippen LogP contribution in [0.3, 0.4) is 0 Å². The number of amides is 1. The molecule has 1 aromatic heterocycles. The van der Waals surface area contributed by atoms with Gasteiger partial charge in [-0.15, -0.1) is 0 Å². The number of methoxy groups -OCH3 is 3. The lowest BCUT2D eigenvalue weighted by Gasteiger charge is -2.24. The Labute approximate surface area is 161 Å². The molecule has 1 amide bonds. The summed E-state index contributed by atoms with van der Waals surface area (Å²) in [6.07, 6.45) is 0. The highest BCUT2D eigenvalue weighted by molar-refractivity contribution is 5.99. The molecule has 2 heterocycles. The summed E-state index contributed by atoms with van der Waals surface area (Å²) in [7, 11) is 6.16. The molecule has 1 aliphatic rings. The summed E-state index contributed by atoms with van der Waals surface area (Å²) < 4.78 is 22.2. The molecule has 3 aromatic rings. The van der Waals surface area contributed by atoms with Crippen LogP contribution in [0.1, 0.15) is 27.7 Å². The number of fused-ring (bicyclic) bond motifs is 2. The van der Waals surface area contributed by atoms with E-state index >= 15 is 0 Å². The maximum Gasteiger partial charge on any atom is 0.290 e. The van der Waals surface area contributed by atoms with Gasteiger partial charge in [-0.3, -0.25) is 9.59 Å². The average molecular weight is 381 g/mol. The molecule has 28 heavy (non-hydrogen) atoms. The minimum Gasteiger partial charge on any atom is -0.493 e. The zero-order chi connectivity index (χ0) is 20.0. The first-order valence-corrected chi connectivity index (χ1v) is 8.65. The Bertz CT molecular complexity index is 1150. The molecule has 0 N–H and O–H groups in total. The van der Waals surface area contributed by atoms with Crippen molar-refractivity contribution in [3.63, 3.8) is 0 Å². The van der Waals surface area contributed by atoms with Crippen LogP contribution in [0.25, 0.3) is 11.0 Å². The number of rotatable bonds is 4. The zero-order valence-corrected chi connectivity index (χ0v) is 15.9. The lowest BCUT2D eigenvalue weighted by atomic mass is 9.97. The summed E-state index contributed by atoms with van der Waals surface area (Å²) in [6, 6.07) is 9.70. The van der Waals surface area contributed by atoms with Crippen LogP contribution in [-0.4, -0.2) is 39.2 Å². The van der Waals surface area contributed by atoms with Crippen LogP contribution in [0.4, 0.5) is 0 Å². The predicted octanol–water partition coefficient (Wildman–Crippen LogP) is 2.99. The first-order valence-electron chi connectivity index (χ1n) is 8.65. The first kappa shape index (κ1) is 17.9. The van der Waals surface area contributed by atoms with Gasteiger partial charge in [0.15, 0.2) is 16.9 Å². The van der Waals surface area contributed by atoms with Crippen molar-refractivity contribution in [2.75, 3.05) is 28.4 Å². The summed E-state index contributed by atoms with van der Waals surface area (Å²) in [6.45, 7) is 0. The average Bonchev–Trinajstić information content (AvgIpc) is 2.97. The molecule has 4 rings (SSSR count). The topological polar surface area (TPSA) is 78.2 Å². The fourth-order valence-corrected chi connectivity index (χ4v) is 3.74. The number of carbonyl (C=O) groups excluding carboxylic acids is 1. The van der Waals surface area contributed by atoms with Gasteiger partial charge in [-0.25, -0.2) is 0 Å². The van der Waals surface area contributed by atoms with Crippen LogP contribution in [-0.2, 0) is 0 Å². The minimum absolute atomic E-state index is 0.0491. The second-order valence-corrected chi connectivity index (χ2v) is 6.41. The van der Waals surface area contributed by atoms with Gasteiger partial charge in [0.1, 0.15) is 5.58 Å². The third-order valence-corrected chi connectivity index (χ3v) is 5.04. The molecular formula is C21H19NO6. The van der Waals surface area contributed by atoms with Crippen molar-refractivity contribution in [3.8, 4) is 17.2 Å². The molecule has 1 unspecified atom stereocenters. The molecule has 0 spiro atoms. The van der Waals surface area contributed by atoms with Crippen LogP contribution in [0.5, 0.6) is 17.2 Å². The van der Waals surface area contributed by atoms with Crippen molar-refractivity contribution in [1.82, 2.24) is 4.90 Å². The van der Waals surface area contributed by atoms with Crippen molar-refractivity contribution < 1.29 is 23.4 Å². The standard InChI is InChI=1S/C21H19NO6/c1-22-16(12-9-10-14(25-2)19(27-4)18(12)26-3)15-17(23)11-7-5-6-8-13(11)28-20(15)21(22)24/h5-10,16H,1-4H3. The van der Waals surface area contributed by atoms with Gasteiger partial charge in [0.25, 0.3) is 5.91 Å². The SMILES string of the molecule is COc1ccc(C2c3c(oc4ccccc4c3=O)C(=O)N2C)c(OC)c1OC. The molecule has 0 bridgehead atoms. The van der Waals surface area contributed by atoms with E-state index in [0.29, 0.717) is 33.8 Å². The number of para-hydroxylation sites is 1. The van der Waals surface area contributed by atoms with E-state index in [9.17, 15) is 9.59 Å². The van der Waals surface area contributed by atoms with Crippen molar-refractivity contribution in [2.45, 2.75) is 6.04 Å². The van der Waals surface area contributed by atoms with Crippen LogP contribution in [0.2, 0.25) is 0 Å². The first-order chi connectivity index (χ1) is 13.5. The van der Waals surface area contributed by atoms with Crippen LogP contribution >= 0.6 is 0 Å². The Hall–Kier alpha value is -3.48. The number of benzene rings is 2. The molecule has 2 aromatic carbocycles. The van der Waals surface area contributed by atoms with Crippen LogP contribution < -0.4 is 19.6 Å². The summed E-state index contributed by atoms with van der Waals surface area (Å²) in [5.41, 5.74) is 1.04. The molecule has 0 saturated heterocycles. The largest absolute Gasteiger partial charge is 0.493 e. The Kier molecular flexibility index (Phi) is 4.22. The van der Waals surface area contributed by atoms with Crippen molar-refractivity contribution in [1.29, 1.82) is 0 Å². The smallest absolute Gasteiger partial charge is 0.290 e. The maximum atomic E-state index is 13.2.